The SMILES string of the molecule is CCOP(=O)(C[C@@H](C)[C@H]1O[C@@H](n2cc(C)c(=O)[nH]c2=O)[C@H](OCC(=O)NCCN(C)C)[C@@H]1OP(N)OCCC#N)OCC. The quantitative estimate of drug-likeness (QED) is 0.142. The molecule has 0 spiro atoms. The number of H-pyrrole nitrogens is 1. The Morgan fingerprint density at radius 3 is 2.58 bits per heavy atom. The van der Waals surface area contributed by atoms with E-state index in [1.165, 1.54) is 13.1 Å². The third-order valence-electron chi connectivity index (χ3n) is 6.32. The van der Waals surface area contributed by atoms with Crippen LogP contribution < -0.4 is 22.1 Å². The molecule has 2 rings (SSSR count). The number of amides is 1. The zero-order valence-corrected chi connectivity index (χ0v) is 27.3. The summed E-state index contributed by atoms with van der Waals surface area (Å²) in [5, 5.41) is 11.6. The molecular weight excluding hydrogens is 606 g/mol. The number of nitrogens with two attached hydrogens (primary N) is 1. The molecule has 1 aliphatic rings. The van der Waals surface area contributed by atoms with E-state index in [1.807, 2.05) is 25.1 Å². The Bertz CT molecular complexity index is 1230. The van der Waals surface area contributed by atoms with E-state index >= 15 is 0 Å². The lowest BCUT2D eigenvalue weighted by Crippen LogP contribution is -2.43. The van der Waals surface area contributed by atoms with E-state index < -0.39 is 70.3 Å². The van der Waals surface area contributed by atoms with Gasteiger partial charge in [0.15, 0.2) is 6.23 Å². The molecule has 1 unspecified atom stereocenters. The number of aryl methyl sites for hydroxylation is 1. The first kappa shape index (κ1) is 37.2. The molecule has 0 aromatic carbocycles. The number of likely N-dealkylation sites (N-methyl/N-ethyl adjacent to an activating group) is 1. The zero-order valence-electron chi connectivity index (χ0n) is 25.5. The highest BCUT2D eigenvalue weighted by Gasteiger charge is 2.52. The van der Waals surface area contributed by atoms with Crippen LogP contribution in [-0.4, -0.2) is 98.4 Å². The third kappa shape index (κ3) is 11.4. The largest absolute Gasteiger partial charge is 0.361 e. The van der Waals surface area contributed by atoms with Crippen LogP contribution in [-0.2, 0) is 36.9 Å². The maximum atomic E-state index is 13.4. The summed E-state index contributed by atoms with van der Waals surface area (Å²) in [6.45, 7) is 7.55. The highest BCUT2D eigenvalue weighted by Crippen LogP contribution is 2.52. The Morgan fingerprint density at radius 2 is 1.98 bits per heavy atom. The summed E-state index contributed by atoms with van der Waals surface area (Å²) in [4.78, 5) is 41.8. The predicted molar refractivity (Wildman–Crippen MR) is 158 cm³/mol. The van der Waals surface area contributed by atoms with Crippen LogP contribution in [0.15, 0.2) is 15.8 Å². The van der Waals surface area contributed by atoms with Gasteiger partial charge in [-0.1, -0.05) is 6.92 Å². The van der Waals surface area contributed by atoms with Crippen molar-refractivity contribution in [3.8, 4) is 6.07 Å². The Balaban J connectivity index is 2.48. The number of carbonyl (C=O) groups is 1. The number of ether oxygens (including phenoxy) is 2. The Kier molecular flexibility index (Phi) is 15.6. The minimum absolute atomic E-state index is 0.0121. The molecule has 1 aliphatic heterocycles. The molecule has 0 bridgehead atoms. The Hall–Kier alpha value is -2.02. The Morgan fingerprint density at radius 1 is 1.30 bits per heavy atom. The minimum Gasteiger partial charge on any atom is -0.361 e. The number of nitrogens with zero attached hydrogens (tertiary/aromatic N) is 3. The topological polar surface area (TPSA) is 209 Å². The van der Waals surface area contributed by atoms with E-state index in [-0.39, 0.29) is 38.0 Å². The van der Waals surface area contributed by atoms with Gasteiger partial charge in [-0.15, -0.1) is 0 Å². The molecule has 18 heteroatoms. The predicted octanol–water partition coefficient (Wildman–Crippen LogP) is 1.21. The molecule has 16 nitrogen and oxygen atoms in total. The van der Waals surface area contributed by atoms with E-state index in [0.29, 0.717) is 13.1 Å². The summed E-state index contributed by atoms with van der Waals surface area (Å²) in [5.41, 5.74) is 5.04. The standard InChI is InChI=1S/C25H44N6O10P2/c1-7-38-43(35,39-8-2)16-18(4)20-21(41-42(27)37-13-9-10-26)22(36-15-19(32)28-11-12-30(5)6)24(40-20)31-14-17(3)23(33)29-25(31)34/h14,18,20-22,24H,7-9,11-13,15-16,27H2,1-6H3,(H,28,32)(H,29,33,34)/t18-,20-,21-,22-,24-,42?/m1/s1. The molecule has 0 saturated carbocycles. The van der Waals surface area contributed by atoms with Crippen LogP contribution in [0, 0.1) is 24.2 Å². The van der Waals surface area contributed by atoms with Gasteiger partial charge < -0.3 is 37.8 Å². The first-order chi connectivity index (χ1) is 20.3. The highest BCUT2D eigenvalue weighted by molar-refractivity contribution is 7.53. The second kappa shape index (κ2) is 18.1. The van der Waals surface area contributed by atoms with Crippen molar-refractivity contribution in [2.45, 2.75) is 58.7 Å². The van der Waals surface area contributed by atoms with E-state index in [0.717, 1.165) is 4.57 Å². The molecule has 1 aromatic rings. The van der Waals surface area contributed by atoms with Crippen molar-refractivity contribution >= 4 is 22.0 Å². The zero-order chi connectivity index (χ0) is 32.2. The van der Waals surface area contributed by atoms with Gasteiger partial charge in [0.25, 0.3) is 14.1 Å². The minimum atomic E-state index is -3.55. The number of aromatic amines is 1. The maximum Gasteiger partial charge on any atom is 0.331 e. The van der Waals surface area contributed by atoms with E-state index in [1.54, 1.807) is 20.8 Å². The van der Waals surface area contributed by atoms with Crippen LogP contribution >= 0.6 is 16.1 Å². The second-order valence-electron chi connectivity index (χ2n) is 10.1. The first-order valence-corrected chi connectivity index (χ1v) is 16.9. The van der Waals surface area contributed by atoms with E-state index in [2.05, 4.69) is 10.3 Å². The lowest BCUT2D eigenvalue weighted by molar-refractivity contribution is -0.132. The molecule has 1 saturated heterocycles. The van der Waals surface area contributed by atoms with Crippen molar-refractivity contribution in [3.63, 3.8) is 0 Å². The van der Waals surface area contributed by atoms with E-state index in [4.69, 9.17) is 38.3 Å². The lowest BCUT2D eigenvalue weighted by Gasteiger charge is -2.30. The summed E-state index contributed by atoms with van der Waals surface area (Å²) in [5.74, 6) is -0.987. The van der Waals surface area contributed by atoms with Crippen LogP contribution in [0.2, 0.25) is 0 Å². The summed E-state index contributed by atoms with van der Waals surface area (Å²) in [7, 11) is -1.88. The molecule has 244 valence electrons. The molecule has 4 N–H and O–H groups in total. The molecule has 43 heavy (non-hydrogen) atoms. The molecule has 1 aromatic heterocycles. The maximum absolute atomic E-state index is 13.4. The van der Waals surface area contributed by atoms with Crippen molar-refractivity contribution < 1.29 is 36.9 Å². The van der Waals surface area contributed by atoms with Crippen LogP contribution in [0.4, 0.5) is 0 Å². The van der Waals surface area contributed by atoms with Gasteiger partial charge in [-0.3, -0.25) is 29.2 Å². The van der Waals surface area contributed by atoms with Gasteiger partial charge in [-0.25, -0.2) is 4.79 Å². The van der Waals surface area contributed by atoms with Gasteiger partial charge in [0.1, 0.15) is 18.8 Å². The number of aromatic nitrogens is 2. The molecular formula is C25H44N6O10P2. The summed E-state index contributed by atoms with van der Waals surface area (Å²) in [6, 6.07) is 1.95. The van der Waals surface area contributed by atoms with Crippen LogP contribution in [0.25, 0.3) is 0 Å². The van der Waals surface area contributed by atoms with Gasteiger partial charge in [0.2, 0.25) is 5.91 Å². The molecule has 1 fully saturated rings. The third-order valence-corrected chi connectivity index (χ3v) is 9.53. The average molecular weight is 651 g/mol. The number of hydrogen-bond acceptors (Lipinski definition) is 13. The first-order valence-electron chi connectivity index (χ1n) is 14.0. The molecule has 0 radical (unpaired) electrons. The van der Waals surface area contributed by atoms with Crippen LogP contribution in [0.1, 0.15) is 39.0 Å². The fourth-order valence-electron chi connectivity index (χ4n) is 4.39. The molecule has 0 aliphatic carbocycles. The monoisotopic (exact) mass is 650 g/mol. The van der Waals surface area contributed by atoms with Gasteiger partial charge >= 0.3 is 13.3 Å². The summed E-state index contributed by atoms with van der Waals surface area (Å²) in [6.07, 6.45) is -2.91. The van der Waals surface area contributed by atoms with Crippen molar-refractivity contribution in [1.29, 1.82) is 5.26 Å². The summed E-state index contributed by atoms with van der Waals surface area (Å²) < 4.78 is 49.5. The molecule has 6 atom stereocenters. The number of nitrogens with one attached hydrogen (secondary N) is 2. The highest BCUT2D eigenvalue weighted by atomic mass is 31.2. The van der Waals surface area contributed by atoms with Gasteiger partial charge in [-0.2, -0.15) is 5.26 Å². The van der Waals surface area contributed by atoms with Gasteiger partial charge in [0.05, 0.1) is 44.6 Å². The van der Waals surface area contributed by atoms with Gasteiger partial charge in [-0.05, 0) is 40.8 Å². The fraction of sp³-hybridized carbons (Fsp3) is 0.760. The van der Waals surface area contributed by atoms with Crippen molar-refractivity contribution in [2.75, 3.05) is 59.8 Å². The van der Waals surface area contributed by atoms with Crippen molar-refractivity contribution in [1.82, 2.24) is 19.8 Å². The molecule has 2 heterocycles. The normalized spacial score (nSPS) is 21.9. The number of rotatable bonds is 19. The number of nitriles is 1. The molecule has 1 amide bonds. The average Bonchev–Trinajstić information content (AvgIpc) is 3.27. The smallest absolute Gasteiger partial charge is 0.331 e. The van der Waals surface area contributed by atoms with E-state index in [9.17, 15) is 18.9 Å². The number of carbonyl (C=O) groups excluding carboxylic acids is 1. The second-order valence-corrected chi connectivity index (χ2v) is 13.2. The summed E-state index contributed by atoms with van der Waals surface area (Å²) >= 11 is 0. The Labute approximate surface area is 252 Å². The lowest BCUT2D eigenvalue weighted by atomic mass is 10.00. The van der Waals surface area contributed by atoms with Gasteiger partial charge in [0, 0.05) is 24.8 Å². The fourth-order valence-corrected chi connectivity index (χ4v) is 7.18. The van der Waals surface area contributed by atoms with Crippen LogP contribution in [0.5, 0.6) is 0 Å². The van der Waals surface area contributed by atoms with Crippen molar-refractivity contribution in [3.05, 3.63) is 32.6 Å². The van der Waals surface area contributed by atoms with Crippen LogP contribution in [0.3, 0.4) is 0 Å². The van der Waals surface area contributed by atoms with Crippen molar-refractivity contribution in [2.24, 2.45) is 11.4 Å². The number of hydrogen-bond donors (Lipinski definition) is 3.